The summed E-state index contributed by atoms with van der Waals surface area (Å²) in [6, 6.07) is -0.443. The van der Waals surface area contributed by atoms with Gasteiger partial charge in [0.1, 0.15) is 0 Å². The molecule has 3 N–H and O–H groups in total. The van der Waals surface area contributed by atoms with Crippen molar-refractivity contribution >= 4 is 46.5 Å². The third kappa shape index (κ3) is 5.16. The van der Waals surface area contributed by atoms with Gasteiger partial charge in [-0.2, -0.15) is 11.8 Å². The highest BCUT2D eigenvalue weighted by atomic mass is 35.5. The van der Waals surface area contributed by atoms with Crippen molar-refractivity contribution in [2.24, 2.45) is 5.73 Å². The zero-order chi connectivity index (χ0) is 11.3. The Morgan fingerprint density at radius 1 is 1.75 bits per heavy atom. The van der Waals surface area contributed by atoms with Gasteiger partial charge in [0.25, 0.3) is 0 Å². The number of thioether (sulfide) groups is 1. The lowest BCUT2D eigenvalue weighted by atomic mass is 10.2. The predicted molar refractivity (Wildman–Crippen MR) is 73.7 cm³/mol. The monoisotopic (exact) mass is 281 g/mol. The summed E-state index contributed by atoms with van der Waals surface area (Å²) in [7, 11) is 0. The van der Waals surface area contributed by atoms with Crippen molar-refractivity contribution < 1.29 is 4.79 Å². The Hall–Kier alpha value is -0.300. The van der Waals surface area contributed by atoms with Gasteiger partial charge in [0.05, 0.1) is 6.04 Å². The van der Waals surface area contributed by atoms with Crippen LogP contribution in [-0.4, -0.2) is 28.9 Å². The van der Waals surface area contributed by atoms with E-state index in [0.717, 1.165) is 10.6 Å². The number of amides is 1. The van der Waals surface area contributed by atoms with Gasteiger partial charge in [-0.05, 0) is 25.4 Å². The smallest absolute Gasteiger partial charge is 0.243 e. The van der Waals surface area contributed by atoms with E-state index < -0.39 is 6.04 Å². The average molecular weight is 282 g/mol. The van der Waals surface area contributed by atoms with E-state index in [2.05, 4.69) is 10.3 Å². The van der Waals surface area contributed by atoms with Crippen molar-refractivity contribution in [3.05, 3.63) is 11.1 Å². The van der Waals surface area contributed by atoms with E-state index in [9.17, 15) is 4.79 Å². The number of nitrogens with two attached hydrogens (primary N) is 1. The average Bonchev–Trinajstić information content (AvgIpc) is 2.60. The molecule has 0 fully saturated rings. The van der Waals surface area contributed by atoms with Crippen LogP contribution in [0.1, 0.15) is 11.3 Å². The Morgan fingerprint density at radius 3 is 2.94 bits per heavy atom. The number of thiazole rings is 1. The van der Waals surface area contributed by atoms with E-state index in [4.69, 9.17) is 5.73 Å². The van der Waals surface area contributed by atoms with E-state index in [1.165, 1.54) is 11.3 Å². The first-order valence-electron chi connectivity index (χ1n) is 4.61. The van der Waals surface area contributed by atoms with Crippen LogP contribution in [0.15, 0.2) is 6.20 Å². The Balaban J connectivity index is 0.00000225. The summed E-state index contributed by atoms with van der Waals surface area (Å²) in [5.41, 5.74) is 5.71. The topological polar surface area (TPSA) is 68.0 Å². The van der Waals surface area contributed by atoms with Crippen LogP contribution >= 0.6 is 35.5 Å². The molecule has 0 aliphatic rings. The first-order chi connectivity index (χ1) is 7.13. The van der Waals surface area contributed by atoms with Crippen LogP contribution < -0.4 is 11.1 Å². The second kappa shape index (κ2) is 7.89. The predicted octanol–water partition coefficient (Wildman–Crippen LogP) is 1.89. The van der Waals surface area contributed by atoms with Crippen LogP contribution in [0.3, 0.4) is 0 Å². The molecular weight excluding hydrogens is 266 g/mol. The van der Waals surface area contributed by atoms with Gasteiger partial charge in [-0.3, -0.25) is 4.79 Å². The number of anilines is 1. The fraction of sp³-hybridized carbons (Fsp3) is 0.556. The summed E-state index contributed by atoms with van der Waals surface area (Å²) in [6.45, 7) is 1.95. The highest BCUT2D eigenvalue weighted by Gasteiger charge is 2.14. The van der Waals surface area contributed by atoms with Crippen LogP contribution in [0.2, 0.25) is 0 Å². The normalized spacial score (nSPS) is 11.7. The molecule has 0 saturated heterocycles. The molecule has 0 aromatic carbocycles. The summed E-state index contributed by atoms with van der Waals surface area (Å²) < 4.78 is 0. The number of hydrogen-bond acceptors (Lipinski definition) is 5. The Kier molecular flexibility index (Phi) is 7.74. The molecule has 0 saturated carbocycles. The molecule has 4 nitrogen and oxygen atoms in total. The molecule has 16 heavy (non-hydrogen) atoms. The molecule has 0 radical (unpaired) electrons. The number of carbonyl (C=O) groups is 1. The van der Waals surface area contributed by atoms with Gasteiger partial charge in [0.15, 0.2) is 5.13 Å². The lowest BCUT2D eigenvalue weighted by molar-refractivity contribution is -0.117. The van der Waals surface area contributed by atoms with Crippen molar-refractivity contribution in [3.8, 4) is 0 Å². The van der Waals surface area contributed by atoms with Gasteiger partial charge in [0.2, 0.25) is 5.91 Å². The van der Waals surface area contributed by atoms with E-state index in [0.29, 0.717) is 11.6 Å². The minimum atomic E-state index is -0.443. The van der Waals surface area contributed by atoms with E-state index >= 15 is 0 Å². The van der Waals surface area contributed by atoms with Gasteiger partial charge in [0, 0.05) is 11.1 Å². The summed E-state index contributed by atoms with van der Waals surface area (Å²) in [5, 5.41) is 3.33. The lowest BCUT2D eigenvalue weighted by Crippen LogP contribution is -2.36. The van der Waals surface area contributed by atoms with Crippen LogP contribution in [0.25, 0.3) is 0 Å². The molecule has 0 spiro atoms. The number of halogens is 1. The van der Waals surface area contributed by atoms with Gasteiger partial charge >= 0.3 is 0 Å². The van der Waals surface area contributed by atoms with Crippen molar-refractivity contribution in [1.82, 2.24) is 4.98 Å². The third-order valence-electron chi connectivity index (χ3n) is 1.82. The van der Waals surface area contributed by atoms with Gasteiger partial charge in [-0.25, -0.2) is 4.98 Å². The zero-order valence-corrected chi connectivity index (χ0v) is 11.7. The van der Waals surface area contributed by atoms with Crippen LogP contribution in [0.4, 0.5) is 5.13 Å². The number of nitrogens with zero attached hydrogens (tertiary/aromatic N) is 1. The molecule has 0 aliphatic carbocycles. The Bertz CT molecular complexity index is 332. The van der Waals surface area contributed by atoms with E-state index in [1.807, 2.05) is 13.2 Å². The summed E-state index contributed by atoms with van der Waals surface area (Å²) >= 11 is 3.14. The summed E-state index contributed by atoms with van der Waals surface area (Å²) in [5.74, 6) is 0.740. The molecule has 0 unspecified atom stereocenters. The van der Waals surface area contributed by atoms with Gasteiger partial charge in [-0.15, -0.1) is 23.7 Å². The third-order valence-corrected chi connectivity index (χ3v) is 3.29. The lowest BCUT2D eigenvalue weighted by Gasteiger charge is -2.09. The standard InChI is InChI=1S/C9H15N3OS2.ClH/c1-6-5-11-9(15-6)12-8(13)7(10)3-4-14-2;/h5,7H,3-4,10H2,1-2H3,(H,11,12,13);1H/t7-;/m0./s1. The Morgan fingerprint density at radius 2 is 2.44 bits per heavy atom. The van der Waals surface area contributed by atoms with Crippen LogP contribution in [-0.2, 0) is 4.79 Å². The highest BCUT2D eigenvalue weighted by molar-refractivity contribution is 7.98. The van der Waals surface area contributed by atoms with Gasteiger partial charge in [-0.1, -0.05) is 0 Å². The number of hydrogen-bond donors (Lipinski definition) is 2. The van der Waals surface area contributed by atoms with Crippen molar-refractivity contribution in [2.75, 3.05) is 17.3 Å². The molecular formula is C9H16ClN3OS2. The molecule has 1 rings (SSSR count). The maximum Gasteiger partial charge on any atom is 0.243 e. The quantitative estimate of drug-likeness (QED) is 0.865. The molecule has 7 heteroatoms. The number of rotatable bonds is 5. The summed E-state index contributed by atoms with van der Waals surface area (Å²) in [4.78, 5) is 16.7. The number of aromatic nitrogens is 1. The fourth-order valence-electron chi connectivity index (χ4n) is 0.987. The zero-order valence-electron chi connectivity index (χ0n) is 9.23. The summed E-state index contributed by atoms with van der Waals surface area (Å²) in [6.07, 6.45) is 4.42. The maximum absolute atomic E-state index is 11.5. The minimum absolute atomic E-state index is 0. The first-order valence-corrected chi connectivity index (χ1v) is 6.82. The number of carbonyl (C=O) groups excluding carboxylic acids is 1. The second-order valence-electron chi connectivity index (χ2n) is 3.15. The molecule has 0 aliphatic heterocycles. The fourth-order valence-corrected chi connectivity index (χ4v) is 2.14. The largest absolute Gasteiger partial charge is 0.320 e. The SMILES string of the molecule is CSCC[C@H](N)C(=O)Nc1ncc(C)s1.Cl. The first kappa shape index (κ1) is 15.7. The number of nitrogens with one attached hydrogen (secondary N) is 1. The van der Waals surface area contributed by atoms with Crippen LogP contribution in [0, 0.1) is 6.92 Å². The maximum atomic E-state index is 11.5. The molecule has 92 valence electrons. The van der Waals surface area contributed by atoms with Crippen molar-refractivity contribution in [1.29, 1.82) is 0 Å². The number of aryl methyl sites for hydroxylation is 1. The molecule has 1 heterocycles. The van der Waals surface area contributed by atoms with E-state index in [-0.39, 0.29) is 18.3 Å². The van der Waals surface area contributed by atoms with Crippen molar-refractivity contribution in [3.63, 3.8) is 0 Å². The molecule has 1 aromatic rings. The van der Waals surface area contributed by atoms with Crippen LogP contribution in [0.5, 0.6) is 0 Å². The van der Waals surface area contributed by atoms with Gasteiger partial charge < -0.3 is 11.1 Å². The second-order valence-corrected chi connectivity index (χ2v) is 5.37. The van der Waals surface area contributed by atoms with E-state index in [1.54, 1.807) is 18.0 Å². The molecule has 1 aromatic heterocycles. The molecule has 1 atom stereocenters. The molecule has 1 amide bonds. The minimum Gasteiger partial charge on any atom is -0.320 e. The van der Waals surface area contributed by atoms with Crippen molar-refractivity contribution in [2.45, 2.75) is 19.4 Å². The highest BCUT2D eigenvalue weighted by Crippen LogP contribution is 2.16. The Labute approximate surface area is 110 Å². The molecule has 0 bridgehead atoms.